The molecule has 2 rings (SSSR count). The van der Waals surface area contributed by atoms with Gasteiger partial charge in [-0.3, -0.25) is 9.59 Å². The molecule has 120 valence electrons. The maximum absolute atomic E-state index is 12.4. The summed E-state index contributed by atoms with van der Waals surface area (Å²) < 4.78 is 0. The molecule has 1 aromatic carbocycles. The van der Waals surface area contributed by atoms with Crippen LogP contribution in [0.1, 0.15) is 23.7 Å². The molecule has 0 aliphatic heterocycles. The SMILES string of the molecule is CCC(Sc1ncnc(N)n1)C(=O)Nc1ccccc1C(N)=O. The number of aromatic nitrogens is 3. The lowest BCUT2D eigenvalue weighted by atomic mass is 10.1. The van der Waals surface area contributed by atoms with Crippen LogP contribution in [0.4, 0.5) is 11.6 Å². The van der Waals surface area contributed by atoms with Crippen LogP contribution in [0, 0.1) is 0 Å². The van der Waals surface area contributed by atoms with Gasteiger partial charge in [-0.15, -0.1) is 0 Å². The molecule has 0 saturated heterocycles. The van der Waals surface area contributed by atoms with Crippen molar-refractivity contribution in [3.8, 4) is 0 Å². The molecule has 0 bridgehead atoms. The molecule has 0 radical (unpaired) electrons. The summed E-state index contributed by atoms with van der Waals surface area (Å²) in [7, 11) is 0. The summed E-state index contributed by atoms with van der Waals surface area (Å²) >= 11 is 1.17. The summed E-state index contributed by atoms with van der Waals surface area (Å²) in [6, 6.07) is 6.56. The predicted molar refractivity (Wildman–Crippen MR) is 87.8 cm³/mol. The number of nitrogen functional groups attached to an aromatic ring is 1. The van der Waals surface area contributed by atoms with Crippen molar-refractivity contribution in [3.63, 3.8) is 0 Å². The van der Waals surface area contributed by atoms with E-state index in [0.717, 1.165) is 0 Å². The van der Waals surface area contributed by atoms with E-state index in [2.05, 4.69) is 20.3 Å². The number of hydrogen-bond acceptors (Lipinski definition) is 7. The number of nitrogens with two attached hydrogens (primary N) is 2. The van der Waals surface area contributed by atoms with E-state index >= 15 is 0 Å². The third kappa shape index (κ3) is 4.39. The van der Waals surface area contributed by atoms with Crippen LogP contribution in [0.3, 0.4) is 0 Å². The number of hydrogen-bond donors (Lipinski definition) is 3. The number of thioether (sulfide) groups is 1. The summed E-state index contributed by atoms with van der Waals surface area (Å²) in [5.41, 5.74) is 11.4. The topological polar surface area (TPSA) is 137 Å². The fourth-order valence-electron chi connectivity index (χ4n) is 1.82. The van der Waals surface area contributed by atoms with Crippen LogP contribution >= 0.6 is 11.8 Å². The highest BCUT2D eigenvalue weighted by Gasteiger charge is 2.21. The van der Waals surface area contributed by atoms with Crippen molar-refractivity contribution in [1.82, 2.24) is 15.0 Å². The maximum Gasteiger partial charge on any atom is 0.250 e. The largest absolute Gasteiger partial charge is 0.368 e. The summed E-state index contributed by atoms with van der Waals surface area (Å²) in [5, 5.41) is 2.63. The smallest absolute Gasteiger partial charge is 0.250 e. The quantitative estimate of drug-likeness (QED) is 0.673. The van der Waals surface area contributed by atoms with E-state index in [9.17, 15) is 9.59 Å². The number of nitrogens with one attached hydrogen (secondary N) is 1. The normalized spacial score (nSPS) is 11.7. The van der Waals surface area contributed by atoms with Gasteiger partial charge in [0.25, 0.3) is 5.91 Å². The van der Waals surface area contributed by atoms with Crippen molar-refractivity contribution < 1.29 is 9.59 Å². The van der Waals surface area contributed by atoms with Gasteiger partial charge in [0.1, 0.15) is 6.33 Å². The second kappa shape index (κ2) is 7.54. The average Bonchev–Trinajstić information content (AvgIpc) is 2.53. The van der Waals surface area contributed by atoms with Crippen molar-refractivity contribution in [3.05, 3.63) is 36.2 Å². The number of amides is 2. The summed E-state index contributed by atoms with van der Waals surface area (Å²) in [6.45, 7) is 1.86. The minimum atomic E-state index is -0.605. The van der Waals surface area contributed by atoms with Crippen LogP contribution in [0.2, 0.25) is 0 Å². The van der Waals surface area contributed by atoms with Crippen LogP contribution in [0.5, 0.6) is 0 Å². The van der Waals surface area contributed by atoms with Gasteiger partial charge < -0.3 is 16.8 Å². The molecule has 0 saturated carbocycles. The fourth-order valence-corrected chi connectivity index (χ4v) is 2.66. The number of primary amides is 1. The number of nitrogens with zero attached hydrogens (tertiary/aromatic N) is 3. The molecule has 9 heteroatoms. The van der Waals surface area contributed by atoms with Gasteiger partial charge in [0.15, 0.2) is 5.16 Å². The van der Waals surface area contributed by atoms with Gasteiger partial charge in [0.2, 0.25) is 11.9 Å². The molecular weight excluding hydrogens is 316 g/mol. The molecule has 2 aromatic rings. The highest BCUT2D eigenvalue weighted by atomic mass is 32.2. The molecule has 0 aliphatic rings. The molecule has 1 heterocycles. The minimum Gasteiger partial charge on any atom is -0.368 e. The Balaban J connectivity index is 2.13. The molecule has 23 heavy (non-hydrogen) atoms. The molecule has 0 aliphatic carbocycles. The monoisotopic (exact) mass is 332 g/mol. The van der Waals surface area contributed by atoms with Gasteiger partial charge in [0.05, 0.1) is 16.5 Å². The van der Waals surface area contributed by atoms with Crippen molar-refractivity contribution in [2.24, 2.45) is 5.73 Å². The predicted octanol–water partition coefficient (Wildman–Crippen LogP) is 1.06. The van der Waals surface area contributed by atoms with E-state index in [1.165, 1.54) is 18.1 Å². The van der Waals surface area contributed by atoms with E-state index < -0.39 is 11.2 Å². The Morgan fingerprint density at radius 1 is 1.30 bits per heavy atom. The Hall–Kier alpha value is -2.68. The van der Waals surface area contributed by atoms with Crippen LogP contribution in [-0.2, 0) is 4.79 Å². The Labute approximate surface area is 137 Å². The highest BCUT2D eigenvalue weighted by Crippen LogP contribution is 2.24. The number of carbonyl (C=O) groups excluding carboxylic acids is 2. The summed E-state index contributed by atoms with van der Waals surface area (Å²) in [6.07, 6.45) is 1.83. The first-order valence-corrected chi connectivity index (χ1v) is 7.70. The lowest BCUT2D eigenvalue weighted by molar-refractivity contribution is -0.115. The zero-order valence-electron chi connectivity index (χ0n) is 12.4. The van der Waals surface area contributed by atoms with E-state index in [1.807, 2.05) is 6.92 Å². The Bertz CT molecular complexity index is 724. The second-order valence-electron chi connectivity index (χ2n) is 4.54. The third-order valence-electron chi connectivity index (χ3n) is 2.93. The second-order valence-corrected chi connectivity index (χ2v) is 5.71. The Kier molecular flexibility index (Phi) is 5.47. The standard InChI is InChI=1S/C14H16N6O2S/c1-2-10(23-14-18-7-17-13(16)20-14)12(22)19-9-6-4-3-5-8(9)11(15)21/h3-7,10H,2H2,1H3,(H2,15,21)(H,19,22)(H2,16,17,18,20). The number of rotatable bonds is 6. The Morgan fingerprint density at radius 3 is 2.70 bits per heavy atom. The zero-order valence-corrected chi connectivity index (χ0v) is 13.2. The van der Waals surface area contributed by atoms with Gasteiger partial charge in [0, 0.05) is 0 Å². The first-order valence-electron chi connectivity index (χ1n) is 6.82. The van der Waals surface area contributed by atoms with Gasteiger partial charge in [-0.2, -0.15) is 4.98 Å². The molecule has 1 unspecified atom stereocenters. The van der Waals surface area contributed by atoms with E-state index in [-0.39, 0.29) is 17.4 Å². The van der Waals surface area contributed by atoms with Crippen LogP contribution in [0.15, 0.2) is 35.7 Å². The maximum atomic E-state index is 12.4. The van der Waals surface area contributed by atoms with Gasteiger partial charge in [-0.05, 0) is 18.6 Å². The van der Waals surface area contributed by atoms with Crippen molar-refractivity contribution in [2.75, 3.05) is 11.1 Å². The molecule has 5 N–H and O–H groups in total. The molecule has 1 aromatic heterocycles. The molecule has 1 atom stereocenters. The first kappa shape index (κ1) is 16.7. The lowest BCUT2D eigenvalue weighted by Crippen LogP contribution is -2.26. The van der Waals surface area contributed by atoms with E-state index in [1.54, 1.807) is 24.3 Å². The number of para-hydroxylation sites is 1. The average molecular weight is 332 g/mol. The number of carbonyl (C=O) groups is 2. The molecule has 8 nitrogen and oxygen atoms in total. The number of benzene rings is 1. The third-order valence-corrected chi connectivity index (χ3v) is 4.17. The lowest BCUT2D eigenvalue weighted by Gasteiger charge is -2.15. The molecule has 0 fully saturated rings. The zero-order chi connectivity index (χ0) is 16.8. The Morgan fingerprint density at radius 2 is 2.04 bits per heavy atom. The minimum absolute atomic E-state index is 0.0943. The van der Waals surface area contributed by atoms with Crippen LogP contribution in [-0.4, -0.2) is 32.0 Å². The number of anilines is 2. The fraction of sp³-hybridized carbons (Fsp3) is 0.214. The van der Waals surface area contributed by atoms with Gasteiger partial charge in [-0.25, -0.2) is 9.97 Å². The highest BCUT2D eigenvalue weighted by molar-refractivity contribution is 8.00. The molecular formula is C14H16N6O2S. The van der Waals surface area contributed by atoms with Gasteiger partial charge in [-0.1, -0.05) is 30.8 Å². The van der Waals surface area contributed by atoms with Crippen molar-refractivity contribution >= 4 is 35.2 Å². The summed E-state index contributed by atoms with van der Waals surface area (Å²) in [4.78, 5) is 35.5. The van der Waals surface area contributed by atoms with Crippen molar-refractivity contribution in [1.29, 1.82) is 0 Å². The van der Waals surface area contributed by atoms with Gasteiger partial charge >= 0.3 is 0 Å². The van der Waals surface area contributed by atoms with Crippen molar-refractivity contribution in [2.45, 2.75) is 23.8 Å². The van der Waals surface area contributed by atoms with E-state index in [4.69, 9.17) is 11.5 Å². The van der Waals surface area contributed by atoms with Crippen LogP contribution in [0.25, 0.3) is 0 Å². The first-order chi connectivity index (χ1) is 11.0. The summed E-state index contributed by atoms with van der Waals surface area (Å²) in [5.74, 6) is -0.783. The molecule has 2 amide bonds. The molecule has 0 spiro atoms. The van der Waals surface area contributed by atoms with Crippen LogP contribution < -0.4 is 16.8 Å². The van der Waals surface area contributed by atoms with E-state index in [0.29, 0.717) is 17.3 Å².